The minimum Gasteiger partial charge on any atom is -0.396 e. The van der Waals surface area contributed by atoms with Crippen LogP contribution in [0.5, 0.6) is 0 Å². The molecule has 0 aromatic heterocycles. The Bertz CT molecular complexity index is 613. The van der Waals surface area contributed by atoms with Gasteiger partial charge in [-0.1, -0.05) is 26.0 Å². The number of halogens is 1. The summed E-state index contributed by atoms with van der Waals surface area (Å²) in [4.78, 5) is 24.7. The normalized spacial score (nSPS) is 20.9. The number of aliphatic hydroxyl groups is 1. The van der Waals surface area contributed by atoms with E-state index in [1.165, 1.54) is 24.3 Å². The third kappa shape index (κ3) is 4.64. The maximum atomic E-state index is 12.9. The minimum absolute atomic E-state index is 0.0534. The summed E-state index contributed by atoms with van der Waals surface area (Å²) in [6.45, 7) is 3.74. The molecule has 1 unspecified atom stereocenters. The van der Waals surface area contributed by atoms with Crippen molar-refractivity contribution in [3.8, 4) is 0 Å². The maximum Gasteiger partial charge on any atom is 0.251 e. The van der Waals surface area contributed by atoms with Crippen molar-refractivity contribution in [2.75, 3.05) is 6.61 Å². The number of rotatable bonds is 6. The summed E-state index contributed by atoms with van der Waals surface area (Å²) in [7, 11) is 0. The van der Waals surface area contributed by atoms with Crippen molar-refractivity contribution < 1.29 is 19.1 Å². The molecule has 3 N–H and O–H groups in total. The van der Waals surface area contributed by atoms with Gasteiger partial charge in [-0.3, -0.25) is 9.59 Å². The average Bonchev–Trinajstić information content (AvgIpc) is 3.00. The van der Waals surface area contributed by atoms with Crippen LogP contribution in [0, 0.1) is 17.7 Å². The number of hydrogen-bond donors (Lipinski definition) is 3. The molecule has 2 amide bonds. The van der Waals surface area contributed by atoms with E-state index in [-0.39, 0.29) is 30.4 Å². The van der Waals surface area contributed by atoms with Crippen LogP contribution in [-0.2, 0) is 4.79 Å². The Morgan fingerprint density at radius 1 is 1.25 bits per heavy atom. The third-order valence-electron chi connectivity index (χ3n) is 4.08. The molecule has 0 saturated carbocycles. The van der Waals surface area contributed by atoms with E-state index in [9.17, 15) is 14.0 Å². The molecule has 3 atom stereocenters. The molecule has 1 aromatic rings. The van der Waals surface area contributed by atoms with Crippen LogP contribution in [0.4, 0.5) is 4.39 Å². The molecule has 6 heteroatoms. The van der Waals surface area contributed by atoms with Crippen molar-refractivity contribution in [2.24, 2.45) is 11.8 Å². The van der Waals surface area contributed by atoms with Crippen LogP contribution >= 0.6 is 0 Å². The van der Waals surface area contributed by atoms with Gasteiger partial charge in [0.05, 0.1) is 0 Å². The highest BCUT2D eigenvalue weighted by Crippen LogP contribution is 2.17. The Hall–Kier alpha value is -2.21. The quantitative estimate of drug-likeness (QED) is 0.692. The van der Waals surface area contributed by atoms with Gasteiger partial charge in [-0.2, -0.15) is 0 Å². The van der Waals surface area contributed by atoms with E-state index < -0.39 is 17.8 Å². The number of amides is 2. The first-order valence-electron chi connectivity index (χ1n) is 8.06. The minimum atomic E-state index is -0.691. The van der Waals surface area contributed by atoms with Gasteiger partial charge >= 0.3 is 0 Å². The van der Waals surface area contributed by atoms with E-state index in [0.29, 0.717) is 12.0 Å². The van der Waals surface area contributed by atoms with E-state index in [0.717, 1.165) is 0 Å². The first kappa shape index (κ1) is 18.1. The number of nitrogens with one attached hydrogen (secondary N) is 2. The maximum absolute atomic E-state index is 12.9. The van der Waals surface area contributed by atoms with Gasteiger partial charge in [0.1, 0.15) is 11.9 Å². The lowest BCUT2D eigenvalue weighted by molar-refractivity contribution is -0.124. The number of carbonyl (C=O) groups is 2. The topological polar surface area (TPSA) is 78.4 Å². The van der Waals surface area contributed by atoms with Gasteiger partial charge in [-0.05, 0) is 36.6 Å². The smallest absolute Gasteiger partial charge is 0.251 e. The second kappa shape index (κ2) is 8.06. The summed E-state index contributed by atoms with van der Waals surface area (Å²) in [6, 6.07) is 4.34. The molecule has 1 aliphatic carbocycles. The summed E-state index contributed by atoms with van der Waals surface area (Å²) in [5.74, 6) is -1.15. The lowest BCUT2D eigenvalue weighted by Gasteiger charge is -2.23. The molecule has 0 bridgehead atoms. The first-order chi connectivity index (χ1) is 11.4. The summed E-state index contributed by atoms with van der Waals surface area (Å²) < 4.78 is 12.9. The Kier molecular flexibility index (Phi) is 6.09. The molecule has 0 aliphatic heterocycles. The molecule has 0 saturated heterocycles. The fraction of sp³-hybridized carbons (Fsp3) is 0.444. The van der Waals surface area contributed by atoms with Gasteiger partial charge in [-0.15, -0.1) is 0 Å². The molecule has 0 fully saturated rings. The molecule has 0 spiro atoms. The number of hydrogen-bond acceptors (Lipinski definition) is 3. The highest BCUT2D eigenvalue weighted by Gasteiger charge is 2.28. The van der Waals surface area contributed by atoms with Gasteiger partial charge in [0.15, 0.2) is 0 Å². The molecule has 130 valence electrons. The van der Waals surface area contributed by atoms with E-state index in [4.69, 9.17) is 5.11 Å². The van der Waals surface area contributed by atoms with Crippen molar-refractivity contribution in [2.45, 2.75) is 32.4 Å². The zero-order valence-electron chi connectivity index (χ0n) is 13.8. The molecule has 0 heterocycles. The van der Waals surface area contributed by atoms with Crippen LogP contribution in [0.25, 0.3) is 0 Å². The van der Waals surface area contributed by atoms with Gasteiger partial charge in [0.25, 0.3) is 5.91 Å². The van der Waals surface area contributed by atoms with Gasteiger partial charge in [0, 0.05) is 24.1 Å². The van der Waals surface area contributed by atoms with Crippen molar-refractivity contribution in [3.63, 3.8) is 0 Å². The zero-order chi connectivity index (χ0) is 17.7. The lowest BCUT2D eigenvalue weighted by Crippen LogP contribution is -2.51. The van der Waals surface area contributed by atoms with Crippen molar-refractivity contribution in [3.05, 3.63) is 47.8 Å². The molecular formula is C18H23FN2O3. The fourth-order valence-corrected chi connectivity index (χ4v) is 2.65. The van der Waals surface area contributed by atoms with E-state index in [1.807, 2.05) is 26.0 Å². The molecular weight excluding hydrogens is 311 g/mol. The summed E-state index contributed by atoms with van der Waals surface area (Å²) in [5.41, 5.74) is 0.302. The first-order valence-corrected chi connectivity index (χ1v) is 8.06. The van der Waals surface area contributed by atoms with Crippen molar-refractivity contribution >= 4 is 11.8 Å². The molecule has 1 aliphatic rings. The third-order valence-corrected chi connectivity index (χ3v) is 4.08. The van der Waals surface area contributed by atoms with E-state index in [1.54, 1.807) is 0 Å². The Morgan fingerprint density at radius 3 is 2.46 bits per heavy atom. The summed E-state index contributed by atoms with van der Waals surface area (Å²) in [5, 5.41) is 14.7. The van der Waals surface area contributed by atoms with Crippen LogP contribution in [0.1, 0.15) is 30.6 Å². The Balaban J connectivity index is 1.98. The van der Waals surface area contributed by atoms with E-state index >= 15 is 0 Å². The van der Waals surface area contributed by atoms with Crippen molar-refractivity contribution in [1.82, 2.24) is 10.6 Å². The second-order valence-corrected chi connectivity index (χ2v) is 6.38. The van der Waals surface area contributed by atoms with Crippen LogP contribution in [0.15, 0.2) is 36.4 Å². The number of benzene rings is 1. The van der Waals surface area contributed by atoms with Gasteiger partial charge < -0.3 is 15.7 Å². The Labute approximate surface area is 140 Å². The average molecular weight is 334 g/mol. The van der Waals surface area contributed by atoms with Crippen LogP contribution in [-0.4, -0.2) is 35.6 Å². The second-order valence-electron chi connectivity index (χ2n) is 6.38. The van der Waals surface area contributed by atoms with Gasteiger partial charge in [-0.25, -0.2) is 4.39 Å². The SMILES string of the molecule is CC(C)C(NC(=O)c1ccc(F)cc1)C(=O)N[C@@H]1C=C[C@H](CO)C1. The molecule has 2 rings (SSSR count). The monoisotopic (exact) mass is 334 g/mol. The van der Waals surface area contributed by atoms with Gasteiger partial charge in [0.2, 0.25) is 5.91 Å². The van der Waals surface area contributed by atoms with Crippen LogP contribution in [0.3, 0.4) is 0 Å². The van der Waals surface area contributed by atoms with Crippen LogP contribution in [0.2, 0.25) is 0 Å². The molecule has 0 radical (unpaired) electrons. The van der Waals surface area contributed by atoms with Crippen molar-refractivity contribution in [1.29, 1.82) is 0 Å². The Morgan fingerprint density at radius 2 is 1.92 bits per heavy atom. The highest BCUT2D eigenvalue weighted by atomic mass is 19.1. The zero-order valence-corrected chi connectivity index (χ0v) is 13.8. The summed E-state index contributed by atoms with van der Waals surface area (Å²) in [6.07, 6.45) is 4.39. The standard InChI is InChI=1S/C18H23FN2O3/c1-11(2)16(18(24)20-15-8-3-12(9-15)10-22)21-17(23)13-4-6-14(19)7-5-13/h3-8,11-12,15-16,22H,9-10H2,1-2H3,(H,20,24)(H,21,23)/t12-,15+,16?/m0/s1. The number of carbonyl (C=O) groups excluding carboxylic acids is 2. The fourth-order valence-electron chi connectivity index (χ4n) is 2.65. The predicted octanol–water partition coefficient (Wildman–Crippen LogP) is 1.63. The largest absolute Gasteiger partial charge is 0.396 e. The summed E-state index contributed by atoms with van der Waals surface area (Å²) >= 11 is 0. The molecule has 24 heavy (non-hydrogen) atoms. The van der Waals surface area contributed by atoms with Crippen LogP contribution < -0.4 is 10.6 Å². The number of aliphatic hydroxyl groups excluding tert-OH is 1. The van der Waals surface area contributed by atoms with E-state index in [2.05, 4.69) is 10.6 Å². The predicted molar refractivity (Wildman–Crippen MR) is 88.8 cm³/mol. The molecule has 5 nitrogen and oxygen atoms in total. The molecule has 1 aromatic carbocycles. The lowest BCUT2D eigenvalue weighted by atomic mass is 10.0. The highest BCUT2D eigenvalue weighted by molar-refractivity contribution is 5.97.